The van der Waals surface area contributed by atoms with Crippen molar-refractivity contribution in [2.45, 2.75) is 13.8 Å². The second-order valence-electron chi connectivity index (χ2n) is 2.86. The van der Waals surface area contributed by atoms with Crippen LogP contribution in [0.1, 0.15) is 13.8 Å². The molecule has 0 aliphatic rings. The van der Waals surface area contributed by atoms with Crippen LogP contribution in [0.15, 0.2) is 11.1 Å². The molecule has 0 saturated carbocycles. The maximum atomic E-state index is 10.9. The van der Waals surface area contributed by atoms with Gasteiger partial charge in [0, 0.05) is 4.48 Å². The Morgan fingerprint density at radius 3 is 2.67 bits per heavy atom. The first kappa shape index (κ1) is 11.5. The minimum Gasteiger partial charge on any atom is -0.449 e. The van der Waals surface area contributed by atoms with Gasteiger partial charge in [0.05, 0.1) is 13.2 Å². The fourth-order valence-corrected chi connectivity index (χ4v) is 0.602. The van der Waals surface area contributed by atoms with Crippen LogP contribution >= 0.6 is 15.9 Å². The minimum absolute atomic E-state index is 0.364. The minimum atomic E-state index is -0.399. The molecule has 0 aromatic carbocycles. The molecule has 0 rings (SSSR count). The van der Waals surface area contributed by atoms with E-state index in [1.165, 1.54) is 0 Å². The molecule has 0 aromatic heterocycles. The van der Waals surface area contributed by atoms with Crippen LogP contribution in [-0.4, -0.2) is 19.2 Å². The first-order valence-electron chi connectivity index (χ1n) is 3.76. The Labute approximate surface area is 81.3 Å². The number of ether oxygens (including phenoxy) is 1. The number of hydrogen-bond donors (Lipinski definition) is 1. The van der Waals surface area contributed by atoms with Gasteiger partial charge in [0.15, 0.2) is 0 Å². The lowest BCUT2D eigenvalue weighted by molar-refractivity contribution is 0.134. The lowest BCUT2D eigenvalue weighted by Crippen LogP contribution is -2.26. The zero-order chi connectivity index (χ0) is 9.56. The SMILES string of the molecule is C=C(Br)CNC(=O)OCC(C)C. The molecule has 0 radical (unpaired) electrons. The molecule has 0 spiro atoms. The summed E-state index contributed by atoms with van der Waals surface area (Å²) in [4.78, 5) is 10.9. The van der Waals surface area contributed by atoms with E-state index >= 15 is 0 Å². The van der Waals surface area contributed by atoms with Crippen molar-refractivity contribution < 1.29 is 9.53 Å². The van der Waals surface area contributed by atoms with Crippen molar-refractivity contribution >= 4 is 22.0 Å². The molecule has 0 heterocycles. The van der Waals surface area contributed by atoms with Crippen LogP contribution in [0.4, 0.5) is 4.79 Å². The molecule has 0 aliphatic carbocycles. The maximum absolute atomic E-state index is 10.9. The highest BCUT2D eigenvalue weighted by atomic mass is 79.9. The number of amides is 1. The van der Waals surface area contributed by atoms with Crippen LogP contribution in [0.25, 0.3) is 0 Å². The topological polar surface area (TPSA) is 38.3 Å². The normalized spacial score (nSPS) is 9.67. The largest absolute Gasteiger partial charge is 0.449 e. The molecule has 1 amide bonds. The third-order valence-electron chi connectivity index (χ3n) is 0.972. The van der Waals surface area contributed by atoms with E-state index in [2.05, 4.69) is 27.8 Å². The van der Waals surface area contributed by atoms with Gasteiger partial charge in [-0.2, -0.15) is 0 Å². The lowest BCUT2D eigenvalue weighted by Gasteiger charge is -2.07. The number of carbonyl (C=O) groups excluding carboxylic acids is 1. The number of rotatable bonds is 4. The third kappa shape index (κ3) is 7.60. The highest BCUT2D eigenvalue weighted by molar-refractivity contribution is 9.11. The Kier molecular flexibility index (Phi) is 5.80. The molecular formula is C8H14BrNO2. The summed E-state index contributed by atoms with van der Waals surface area (Å²) in [6.45, 7) is 8.38. The summed E-state index contributed by atoms with van der Waals surface area (Å²) in [7, 11) is 0. The van der Waals surface area contributed by atoms with Gasteiger partial charge in [-0.3, -0.25) is 0 Å². The number of nitrogens with one attached hydrogen (secondary N) is 1. The van der Waals surface area contributed by atoms with Gasteiger partial charge in [0.2, 0.25) is 0 Å². The molecule has 12 heavy (non-hydrogen) atoms. The zero-order valence-electron chi connectivity index (χ0n) is 7.39. The predicted molar refractivity (Wildman–Crippen MR) is 52.3 cm³/mol. The fourth-order valence-electron chi connectivity index (χ4n) is 0.461. The molecular weight excluding hydrogens is 222 g/mol. The number of halogens is 1. The first-order chi connectivity index (χ1) is 5.52. The molecule has 0 aliphatic heterocycles. The molecule has 0 aromatic rings. The standard InChI is InChI=1S/C8H14BrNO2/c1-6(2)5-12-8(11)10-4-7(3)9/h6H,3-5H2,1-2H3,(H,10,11). The fraction of sp³-hybridized carbons (Fsp3) is 0.625. The molecule has 0 fully saturated rings. The quantitative estimate of drug-likeness (QED) is 0.813. The number of hydrogen-bond acceptors (Lipinski definition) is 2. The van der Waals surface area contributed by atoms with Gasteiger partial charge in [0.1, 0.15) is 0 Å². The average Bonchev–Trinajstić information content (AvgIpc) is 1.96. The molecule has 70 valence electrons. The highest BCUT2D eigenvalue weighted by Gasteiger charge is 2.02. The van der Waals surface area contributed by atoms with E-state index in [0.29, 0.717) is 19.1 Å². The summed E-state index contributed by atoms with van der Waals surface area (Å²) in [5.41, 5.74) is 0. The van der Waals surface area contributed by atoms with Crippen LogP contribution in [0, 0.1) is 5.92 Å². The summed E-state index contributed by atoms with van der Waals surface area (Å²) in [6.07, 6.45) is -0.399. The predicted octanol–water partition coefficient (Wildman–Crippen LogP) is 2.28. The molecule has 0 bridgehead atoms. The van der Waals surface area contributed by atoms with Crippen LogP contribution in [0.3, 0.4) is 0 Å². The van der Waals surface area contributed by atoms with E-state index in [4.69, 9.17) is 4.74 Å². The molecule has 0 unspecified atom stereocenters. The van der Waals surface area contributed by atoms with E-state index in [9.17, 15) is 4.79 Å². The van der Waals surface area contributed by atoms with Gasteiger partial charge in [0.25, 0.3) is 0 Å². The Hall–Kier alpha value is -0.510. The molecule has 4 heteroatoms. The van der Waals surface area contributed by atoms with Crippen molar-refractivity contribution in [3.8, 4) is 0 Å². The molecule has 3 nitrogen and oxygen atoms in total. The van der Waals surface area contributed by atoms with Crippen molar-refractivity contribution in [1.82, 2.24) is 5.32 Å². The lowest BCUT2D eigenvalue weighted by atomic mass is 10.2. The smallest absolute Gasteiger partial charge is 0.407 e. The Bertz CT molecular complexity index is 168. The number of carbonyl (C=O) groups is 1. The molecule has 1 N–H and O–H groups in total. The number of alkyl carbamates (subject to hydrolysis) is 1. The highest BCUT2D eigenvalue weighted by Crippen LogP contribution is 1.97. The van der Waals surface area contributed by atoms with Crippen molar-refractivity contribution in [1.29, 1.82) is 0 Å². The van der Waals surface area contributed by atoms with Gasteiger partial charge in [-0.25, -0.2) is 4.79 Å². The third-order valence-corrected chi connectivity index (χ3v) is 1.25. The van der Waals surface area contributed by atoms with E-state index in [-0.39, 0.29) is 0 Å². The van der Waals surface area contributed by atoms with Gasteiger partial charge in [-0.05, 0) is 5.92 Å². The Morgan fingerprint density at radius 2 is 2.25 bits per heavy atom. The Morgan fingerprint density at radius 1 is 1.67 bits per heavy atom. The summed E-state index contributed by atoms with van der Waals surface area (Å²) in [6, 6.07) is 0. The van der Waals surface area contributed by atoms with Gasteiger partial charge in [-0.15, -0.1) is 0 Å². The van der Waals surface area contributed by atoms with E-state index < -0.39 is 6.09 Å². The summed E-state index contributed by atoms with van der Waals surface area (Å²) < 4.78 is 5.57. The summed E-state index contributed by atoms with van der Waals surface area (Å²) in [5.74, 6) is 0.364. The molecule has 0 saturated heterocycles. The molecule has 0 atom stereocenters. The van der Waals surface area contributed by atoms with E-state index in [0.717, 1.165) is 4.48 Å². The van der Waals surface area contributed by atoms with E-state index in [1.807, 2.05) is 13.8 Å². The van der Waals surface area contributed by atoms with Crippen molar-refractivity contribution in [2.75, 3.05) is 13.2 Å². The van der Waals surface area contributed by atoms with Crippen LogP contribution in [0.2, 0.25) is 0 Å². The Balaban J connectivity index is 3.40. The zero-order valence-corrected chi connectivity index (χ0v) is 8.98. The van der Waals surface area contributed by atoms with Crippen molar-refractivity contribution in [3.63, 3.8) is 0 Å². The maximum Gasteiger partial charge on any atom is 0.407 e. The first-order valence-corrected chi connectivity index (χ1v) is 4.55. The van der Waals surface area contributed by atoms with Crippen molar-refractivity contribution in [2.24, 2.45) is 5.92 Å². The second kappa shape index (κ2) is 6.06. The second-order valence-corrected chi connectivity index (χ2v) is 3.98. The van der Waals surface area contributed by atoms with Gasteiger partial charge < -0.3 is 10.1 Å². The van der Waals surface area contributed by atoms with Gasteiger partial charge in [-0.1, -0.05) is 36.4 Å². The average molecular weight is 236 g/mol. The van der Waals surface area contributed by atoms with E-state index in [1.54, 1.807) is 0 Å². The van der Waals surface area contributed by atoms with Crippen LogP contribution in [0.5, 0.6) is 0 Å². The monoisotopic (exact) mass is 235 g/mol. The summed E-state index contributed by atoms with van der Waals surface area (Å²) in [5, 5.41) is 2.53. The van der Waals surface area contributed by atoms with Gasteiger partial charge >= 0.3 is 6.09 Å². The van der Waals surface area contributed by atoms with Crippen LogP contribution in [-0.2, 0) is 4.74 Å². The van der Waals surface area contributed by atoms with Crippen molar-refractivity contribution in [3.05, 3.63) is 11.1 Å². The summed E-state index contributed by atoms with van der Waals surface area (Å²) >= 11 is 3.12. The van der Waals surface area contributed by atoms with Crippen LogP contribution < -0.4 is 5.32 Å².